The number of imide groups is 1. The summed E-state index contributed by atoms with van der Waals surface area (Å²) >= 11 is 4.86. The molecule has 1 aromatic carbocycles. The van der Waals surface area contributed by atoms with E-state index in [1.54, 1.807) is 0 Å². The number of carbonyl (C=O) groups is 2. The average molecular weight is 278 g/mol. The molecule has 0 spiro atoms. The largest absolute Gasteiger partial charge is 0.389 e. The summed E-state index contributed by atoms with van der Waals surface area (Å²) in [5.74, 6) is -1.02. The zero-order valence-corrected chi connectivity index (χ0v) is 10.7. The summed E-state index contributed by atoms with van der Waals surface area (Å²) in [6.45, 7) is 0.109. The minimum atomic E-state index is -0.450. The molecule has 1 saturated carbocycles. The van der Waals surface area contributed by atoms with Crippen LogP contribution in [0, 0.1) is 17.7 Å². The van der Waals surface area contributed by atoms with E-state index in [0.29, 0.717) is 17.5 Å². The van der Waals surface area contributed by atoms with E-state index in [2.05, 4.69) is 0 Å². The maximum atomic E-state index is 13.2. The van der Waals surface area contributed by atoms with Crippen molar-refractivity contribution in [1.29, 1.82) is 0 Å². The summed E-state index contributed by atoms with van der Waals surface area (Å²) in [7, 11) is 0. The smallest absolute Gasteiger partial charge is 0.233 e. The number of nitrogens with two attached hydrogens (primary N) is 1. The number of fused-ring (bicyclic) bond motifs is 1. The topological polar surface area (TPSA) is 63.4 Å². The highest BCUT2D eigenvalue weighted by Gasteiger charge is 2.58. The average Bonchev–Trinajstić information content (AvgIpc) is 3.11. The number of hydrogen-bond donors (Lipinski definition) is 1. The number of nitrogens with zero attached hydrogens (tertiary/aromatic N) is 1. The number of hydrogen-bond acceptors (Lipinski definition) is 3. The summed E-state index contributed by atoms with van der Waals surface area (Å²) < 4.78 is 13.2. The Kier molecular flexibility index (Phi) is 2.63. The van der Waals surface area contributed by atoms with Crippen LogP contribution in [0.15, 0.2) is 18.2 Å². The normalized spacial score (nSPS) is 24.6. The van der Waals surface area contributed by atoms with Crippen LogP contribution in [0.25, 0.3) is 0 Å². The quantitative estimate of drug-likeness (QED) is 0.661. The van der Waals surface area contributed by atoms with Gasteiger partial charge in [0.15, 0.2) is 0 Å². The molecule has 0 radical (unpaired) electrons. The minimum absolute atomic E-state index is 0.0544. The molecule has 2 N–H and O–H groups in total. The lowest BCUT2D eigenvalue weighted by Gasteiger charge is -2.18. The van der Waals surface area contributed by atoms with Crippen LogP contribution in [0.5, 0.6) is 0 Å². The van der Waals surface area contributed by atoms with Crippen LogP contribution in [0.3, 0.4) is 0 Å². The van der Waals surface area contributed by atoms with Gasteiger partial charge in [0.1, 0.15) is 10.8 Å². The molecule has 2 aliphatic rings. The van der Waals surface area contributed by atoms with Crippen molar-refractivity contribution in [3.8, 4) is 0 Å². The summed E-state index contributed by atoms with van der Waals surface area (Å²) in [5, 5.41) is 0. The zero-order chi connectivity index (χ0) is 13.7. The van der Waals surface area contributed by atoms with Crippen molar-refractivity contribution in [3.63, 3.8) is 0 Å². The number of likely N-dealkylation sites (tertiary alicyclic amines) is 1. The predicted octanol–water partition coefficient (Wildman–Crippen LogP) is 0.965. The first-order valence-electron chi connectivity index (χ1n) is 5.92. The van der Waals surface area contributed by atoms with Gasteiger partial charge in [0.2, 0.25) is 11.8 Å². The summed E-state index contributed by atoms with van der Waals surface area (Å²) in [5.41, 5.74) is 6.51. The predicted molar refractivity (Wildman–Crippen MR) is 69.4 cm³/mol. The lowest BCUT2D eigenvalue weighted by atomic mass is 10.1. The van der Waals surface area contributed by atoms with Crippen LogP contribution < -0.4 is 5.73 Å². The highest BCUT2D eigenvalue weighted by atomic mass is 32.1. The SMILES string of the molecule is NC(=S)c1cc(F)ccc1CN1C(=O)C2CC2C1=O. The highest BCUT2D eigenvalue weighted by molar-refractivity contribution is 7.80. The van der Waals surface area contributed by atoms with Crippen LogP contribution >= 0.6 is 12.2 Å². The van der Waals surface area contributed by atoms with E-state index in [0.717, 1.165) is 0 Å². The van der Waals surface area contributed by atoms with Gasteiger partial charge < -0.3 is 5.73 Å². The number of halogens is 1. The van der Waals surface area contributed by atoms with Gasteiger partial charge in [-0.3, -0.25) is 14.5 Å². The van der Waals surface area contributed by atoms with E-state index < -0.39 is 5.82 Å². The number of piperidine rings is 1. The molecule has 0 bridgehead atoms. The Hall–Kier alpha value is -1.82. The Labute approximate surface area is 114 Å². The molecule has 2 amide bonds. The number of benzene rings is 1. The van der Waals surface area contributed by atoms with Crippen molar-refractivity contribution < 1.29 is 14.0 Å². The third-order valence-corrected chi connectivity index (χ3v) is 3.84. The molecule has 1 aliphatic carbocycles. The van der Waals surface area contributed by atoms with Crippen LogP contribution in [0.1, 0.15) is 17.5 Å². The highest BCUT2D eigenvalue weighted by Crippen LogP contribution is 2.47. The second-order valence-electron chi connectivity index (χ2n) is 4.88. The molecule has 3 rings (SSSR count). The van der Waals surface area contributed by atoms with Crippen molar-refractivity contribution >= 4 is 29.0 Å². The molecule has 6 heteroatoms. The van der Waals surface area contributed by atoms with Gasteiger partial charge in [-0.1, -0.05) is 18.3 Å². The molecule has 98 valence electrons. The monoisotopic (exact) mass is 278 g/mol. The fourth-order valence-electron chi connectivity index (χ4n) is 2.49. The molecule has 1 aromatic rings. The van der Waals surface area contributed by atoms with Crippen molar-refractivity contribution in [2.75, 3.05) is 0 Å². The summed E-state index contributed by atoms with van der Waals surface area (Å²) in [6, 6.07) is 4.00. The number of amides is 2. The zero-order valence-electron chi connectivity index (χ0n) is 9.93. The Balaban J connectivity index is 1.90. The molecular formula is C13H11FN2O2S. The standard InChI is InChI=1S/C13H11FN2O2S/c14-7-2-1-6(8(3-7)11(15)19)5-16-12(17)9-4-10(9)13(16)18/h1-3,9-10H,4-5H2,(H2,15,19). The van der Waals surface area contributed by atoms with Crippen LogP contribution in [0.2, 0.25) is 0 Å². The van der Waals surface area contributed by atoms with Gasteiger partial charge in [0, 0.05) is 5.56 Å². The Morgan fingerprint density at radius 3 is 2.58 bits per heavy atom. The molecule has 1 aliphatic heterocycles. The molecule has 2 unspecified atom stereocenters. The van der Waals surface area contributed by atoms with E-state index in [-0.39, 0.29) is 35.2 Å². The molecular weight excluding hydrogens is 267 g/mol. The van der Waals surface area contributed by atoms with E-state index >= 15 is 0 Å². The van der Waals surface area contributed by atoms with Gasteiger partial charge in [-0.05, 0) is 24.1 Å². The minimum Gasteiger partial charge on any atom is -0.389 e. The molecule has 2 fully saturated rings. The number of thiocarbonyl (C=S) groups is 1. The Morgan fingerprint density at radius 1 is 1.37 bits per heavy atom. The first-order valence-corrected chi connectivity index (χ1v) is 6.33. The maximum Gasteiger partial charge on any atom is 0.233 e. The van der Waals surface area contributed by atoms with Gasteiger partial charge in [-0.2, -0.15) is 0 Å². The van der Waals surface area contributed by atoms with Crippen molar-refractivity contribution in [2.24, 2.45) is 17.6 Å². The molecule has 1 saturated heterocycles. The van der Waals surface area contributed by atoms with E-state index in [1.807, 2.05) is 0 Å². The third-order valence-electron chi connectivity index (χ3n) is 3.62. The van der Waals surface area contributed by atoms with Gasteiger partial charge in [-0.25, -0.2) is 4.39 Å². The fourth-order valence-corrected chi connectivity index (χ4v) is 2.68. The second-order valence-corrected chi connectivity index (χ2v) is 5.32. The Morgan fingerprint density at radius 2 is 2.00 bits per heavy atom. The fraction of sp³-hybridized carbons (Fsp3) is 0.308. The molecule has 1 heterocycles. The molecule has 0 aromatic heterocycles. The van der Waals surface area contributed by atoms with Gasteiger partial charge in [0.25, 0.3) is 0 Å². The molecule has 19 heavy (non-hydrogen) atoms. The van der Waals surface area contributed by atoms with Crippen LogP contribution in [-0.4, -0.2) is 21.7 Å². The van der Waals surface area contributed by atoms with E-state index in [9.17, 15) is 14.0 Å². The Bertz CT molecular complexity index is 597. The van der Waals surface area contributed by atoms with Crippen molar-refractivity contribution in [2.45, 2.75) is 13.0 Å². The van der Waals surface area contributed by atoms with Crippen molar-refractivity contribution in [3.05, 3.63) is 35.1 Å². The van der Waals surface area contributed by atoms with E-state index in [1.165, 1.54) is 23.1 Å². The number of rotatable bonds is 3. The summed E-state index contributed by atoms with van der Waals surface area (Å²) in [4.78, 5) is 25.0. The van der Waals surface area contributed by atoms with Crippen LogP contribution in [0.4, 0.5) is 4.39 Å². The first kappa shape index (κ1) is 12.2. The van der Waals surface area contributed by atoms with Gasteiger partial charge in [0.05, 0.1) is 18.4 Å². The second kappa shape index (κ2) is 4.09. The number of carbonyl (C=O) groups excluding carboxylic acids is 2. The van der Waals surface area contributed by atoms with Crippen molar-refractivity contribution in [1.82, 2.24) is 4.90 Å². The third kappa shape index (κ3) is 1.92. The molecule has 2 atom stereocenters. The summed E-state index contributed by atoms with van der Waals surface area (Å²) in [6.07, 6.45) is 0.666. The molecule has 4 nitrogen and oxygen atoms in total. The van der Waals surface area contributed by atoms with Crippen LogP contribution in [-0.2, 0) is 16.1 Å². The first-order chi connectivity index (χ1) is 8.99. The van der Waals surface area contributed by atoms with Gasteiger partial charge in [-0.15, -0.1) is 0 Å². The lowest BCUT2D eigenvalue weighted by molar-refractivity contribution is -0.142. The maximum absolute atomic E-state index is 13.2. The van der Waals surface area contributed by atoms with E-state index in [4.69, 9.17) is 18.0 Å². The lowest BCUT2D eigenvalue weighted by Crippen LogP contribution is -2.33. The van der Waals surface area contributed by atoms with Gasteiger partial charge >= 0.3 is 0 Å².